The first kappa shape index (κ1) is 19.3. The molecule has 6 nitrogen and oxygen atoms in total. The number of thioether (sulfide) groups is 1. The van der Waals surface area contributed by atoms with Gasteiger partial charge < -0.3 is 10.1 Å². The fourth-order valence-corrected chi connectivity index (χ4v) is 4.02. The van der Waals surface area contributed by atoms with Crippen LogP contribution in [0.25, 0.3) is 11.3 Å². The monoisotopic (exact) mass is 400 g/mol. The van der Waals surface area contributed by atoms with Crippen molar-refractivity contribution in [3.8, 4) is 17.0 Å². The second-order valence-corrected chi connectivity index (χ2v) is 7.77. The molecule has 0 saturated heterocycles. The van der Waals surface area contributed by atoms with E-state index < -0.39 is 0 Å². The zero-order chi connectivity index (χ0) is 19.2. The number of aryl methyl sites for hydroxylation is 2. The third kappa shape index (κ3) is 5.51. The summed E-state index contributed by atoms with van der Waals surface area (Å²) in [6.07, 6.45) is 0.373. The van der Waals surface area contributed by atoms with Crippen molar-refractivity contribution in [2.24, 2.45) is 0 Å². The molecule has 3 rings (SSSR count). The number of amides is 1. The zero-order valence-corrected chi connectivity index (χ0v) is 17.0. The van der Waals surface area contributed by atoms with E-state index in [1.807, 2.05) is 49.6 Å². The lowest BCUT2D eigenvalue weighted by Crippen LogP contribution is -2.12. The Balaban J connectivity index is 1.51. The first-order chi connectivity index (χ1) is 13.0. The van der Waals surface area contributed by atoms with Gasteiger partial charge >= 0.3 is 0 Å². The lowest BCUT2D eigenvalue weighted by Gasteiger charge is -2.03. The number of ether oxygens (including phenoxy) is 1. The summed E-state index contributed by atoms with van der Waals surface area (Å²) in [5.41, 5.74) is 3.68. The molecule has 0 radical (unpaired) electrons. The lowest BCUT2D eigenvalue weighted by molar-refractivity contribution is -0.115. The van der Waals surface area contributed by atoms with Gasteiger partial charge in [-0.15, -0.1) is 11.3 Å². The van der Waals surface area contributed by atoms with Gasteiger partial charge in [0.1, 0.15) is 5.75 Å². The van der Waals surface area contributed by atoms with Crippen LogP contribution in [0.15, 0.2) is 40.9 Å². The molecule has 0 unspecified atom stereocenters. The van der Waals surface area contributed by atoms with E-state index in [4.69, 9.17) is 4.74 Å². The number of nitrogens with zero attached hydrogens (tertiary/aromatic N) is 3. The average Bonchev–Trinajstić information content (AvgIpc) is 3.09. The van der Waals surface area contributed by atoms with Crippen LogP contribution in [0.5, 0.6) is 5.75 Å². The maximum absolute atomic E-state index is 12.2. The number of benzene rings is 1. The third-order valence-corrected chi connectivity index (χ3v) is 5.27. The van der Waals surface area contributed by atoms with Crippen LogP contribution in [0.1, 0.15) is 17.8 Å². The molecule has 0 fully saturated rings. The van der Waals surface area contributed by atoms with Gasteiger partial charge in [-0.05, 0) is 44.2 Å². The number of nitrogens with one attached hydrogen (secondary N) is 1. The van der Waals surface area contributed by atoms with Gasteiger partial charge in [-0.2, -0.15) is 0 Å². The van der Waals surface area contributed by atoms with E-state index in [2.05, 4.69) is 20.3 Å². The van der Waals surface area contributed by atoms with E-state index in [-0.39, 0.29) is 5.91 Å². The molecule has 0 aliphatic heterocycles. The number of anilines is 1. The first-order valence-electron chi connectivity index (χ1n) is 8.38. The number of hydrogen-bond acceptors (Lipinski definition) is 7. The van der Waals surface area contributed by atoms with Crippen LogP contribution in [0, 0.1) is 13.8 Å². The topological polar surface area (TPSA) is 77.0 Å². The molecule has 0 bridgehead atoms. The third-order valence-electron chi connectivity index (χ3n) is 3.66. The molecule has 0 atom stereocenters. The van der Waals surface area contributed by atoms with Gasteiger partial charge in [-0.3, -0.25) is 4.79 Å². The summed E-state index contributed by atoms with van der Waals surface area (Å²) in [5, 5.41) is 6.08. The first-order valence-corrected chi connectivity index (χ1v) is 10.2. The van der Waals surface area contributed by atoms with Crippen molar-refractivity contribution in [2.45, 2.75) is 25.4 Å². The molecular formula is C19H20N4O2S2. The molecule has 2 heterocycles. The highest BCUT2D eigenvalue weighted by Crippen LogP contribution is 2.26. The predicted octanol–water partition coefficient (Wildman–Crippen LogP) is 4.35. The SMILES string of the molecule is COc1ccc(-c2csc(NC(=O)CCSc3nc(C)cc(C)n3)n2)cc1. The van der Waals surface area contributed by atoms with E-state index in [0.29, 0.717) is 22.5 Å². The Morgan fingerprint density at radius 3 is 2.52 bits per heavy atom. The molecule has 0 aliphatic carbocycles. The Labute approximate surface area is 166 Å². The molecule has 1 amide bonds. The van der Waals surface area contributed by atoms with Crippen LogP contribution in [0.3, 0.4) is 0 Å². The number of rotatable bonds is 7. The molecule has 0 saturated carbocycles. The number of hydrogen-bond donors (Lipinski definition) is 1. The zero-order valence-electron chi connectivity index (χ0n) is 15.4. The summed E-state index contributed by atoms with van der Waals surface area (Å²) < 4.78 is 5.16. The van der Waals surface area contributed by atoms with Gasteiger partial charge in [0.2, 0.25) is 5.91 Å². The smallest absolute Gasteiger partial charge is 0.226 e. The Morgan fingerprint density at radius 2 is 1.85 bits per heavy atom. The highest BCUT2D eigenvalue weighted by molar-refractivity contribution is 7.99. The summed E-state index contributed by atoms with van der Waals surface area (Å²) in [7, 11) is 1.63. The predicted molar refractivity (Wildman–Crippen MR) is 110 cm³/mol. The van der Waals surface area contributed by atoms with E-state index >= 15 is 0 Å². The molecule has 0 aliphatic rings. The Hall–Kier alpha value is -2.45. The highest BCUT2D eigenvalue weighted by Gasteiger charge is 2.09. The van der Waals surface area contributed by atoms with E-state index in [1.54, 1.807) is 7.11 Å². The average molecular weight is 401 g/mol. The van der Waals surface area contributed by atoms with Crippen molar-refractivity contribution < 1.29 is 9.53 Å². The fraction of sp³-hybridized carbons (Fsp3) is 0.263. The molecular weight excluding hydrogens is 380 g/mol. The molecule has 0 spiro atoms. The van der Waals surface area contributed by atoms with Crippen molar-refractivity contribution in [3.05, 3.63) is 47.1 Å². The van der Waals surface area contributed by atoms with Gasteiger partial charge in [0.25, 0.3) is 0 Å². The van der Waals surface area contributed by atoms with Crippen molar-refractivity contribution >= 4 is 34.1 Å². The van der Waals surface area contributed by atoms with Crippen LogP contribution in [-0.2, 0) is 4.79 Å². The van der Waals surface area contributed by atoms with Crippen LogP contribution < -0.4 is 10.1 Å². The maximum atomic E-state index is 12.2. The Morgan fingerprint density at radius 1 is 1.15 bits per heavy atom. The normalized spacial score (nSPS) is 10.6. The van der Waals surface area contributed by atoms with Crippen LogP contribution in [-0.4, -0.2) is 33.7 Å². The number of aromatic nitrogens is 3. The summed E-state index contributed by atoms with van der Waals surface area (Å²) in [6, 6.07) is 9.60. The largest absolute Gasteiger partial charge is 0.497 e. The number of carbonyl (C=O) groups is 1. The minimum Gasteiger partial charge on any atom is -0.497 e. The minimum absolute atomic E-state index is 0.0671. The summed E-state index contributed by atoms with van der Waals surface area (Å²) in [5.74, 6) is 1.35. The van der Waals surface area contributed by atoms with Gasteiger partial charge in [-0.1, -0.05) is 11.8 Å². The van der Waals surface area contributed by atoms with E-state index in [1.165, 1.54) is 23.1 Å². The minimum atomic E-state index is -0.0671. The summed E-state index contributed by atoms with van der Waals surface area (Å²) >= 11 is 2.89. The van der Waals surface area contributed by atoms with Crippen molar-refractivity contribution in [2.75, 3.05) is 18.2 Å². The lowest BCUT2D eigenvalue weighted by atomic mass is 10.2. The summed E-state index contributed by atoms with van der Waals surface area (Å²) in [4.78, 5) is 25.4. The fourth-order valence-electron chi connectivity index (χ4n) is 2.40. The van der Waals surface area contributed by atoms with Crippen molar-refractivity contribution in [3.63, 3.8) is 0 Å². The van der Waals surface area contributed by atoms with Gasteiger partial charge in [-0.25, -0.2) is 15.0 Å². The molecule has 1 aromatic carbocycles. The second kappa shape index (κ2) is 8.96. The molecule has 2 aromatic heterocycles. The number of methoxy groups -OCH3 is 1. The molecule has 1 N–H and O–H groups in total. The number of thiazole rings is 1. The van der Waals surface area contributed by atoms with Crippen LogP contribution >= 0.6 is 23.1 Å². The molecule has 8 heteroatoms. The molecule has 27 heavy (non-hydrogen) atoms. The molecule has 140 valence electrons. The quantitative estimate of drug-likeness (QED) is 0.469. The molecule has 3 aromatic rings. The second-order valence-electron chi connectivity index (χ2n) is 5.85. The van der Waals surface area contributed by atoms with E-state index in [0.717, 1.165) is 28.4 Å². The Kier molecular flexibility index (Phi) is 6.41. The van der Waals surface area contributed by atoms with Gasteiger partial charge in [0, 0.05) is 34.5 Å². The van der Waals surface area contributed by atoms with Crippen LogP contribution in [0.4, 0.5) is 5.13 Å². The van der Waals surface area contributed by atoms with Crippen LogP contribution in [0.2, 0.25) is 0 Å². The van der Waals surface area contributed by atoms with Gasteiger partial charge in [0.15, 0.2) is 10.3 Å². The highest BCUT2D eigenvalue weighted by atomic mass is 32.2. The summed E-state index contributed by atoms with van der Waals surface area (Å²) in [6.45, 7) is 3.88. The van der Waals surface area contributed by atoms with Crippen molar-refractivity contribution in [1.29, 1.82) is 0 Å². The Bertz CT molecular complexity index is 905. The van der Waals surface area contributed by atoms with Gasteiger partial charge in [0.05, 0.1) is 12.8 Å². The van der Waals surface area contributed by atoms with Crippen molar-refractivity contribution in [1.82, 2.24) is 15.0 Å². The standard InChI is InChI=1S/C19H20N4O2S2/c1-12-10-13(2)21-18(20-12)26-9-8-17(24)23-19-22-16(11-27-19)14-4-6-15(25-3)7-5-14/h4-7,10-11H,8-9H2,1-3H3,(H,22,23,24). The number of carbonyl (C=O) groups excluding carboxylic acids is 1. The maximum Gasteiger partial charge on any atom is 0.226 e. The van der Waals surface area contributed by atoms with E-state index in [9.17, 15) is 4.79 Å².